The first-order valence-corrected chi connectivity index (χ1v) is 7.45. The molecule has 0 aliphatic heterocycles. The van der Waals surface area contributed by atoms with Crippen molar-refractivity contribution < 1.29 is 19.1 Å². The predicted molar refractivity (Wildman–Crippen MR) is 77.0 cm³/mol. The van der Waals surface area contributed by atoms with Crippen LogP contribution in [-0.4, -0.2) is 25.2 Å². The van der Waals surface area contributed by atoms with Gasteiger partial charge in [-0.2, -0.15) is 0 Å². The van der Waals surface area contributed by atoms with Gasteiger partial charge in [0.2, 0.25) is 0 Å². The molecule has 0 N–H and O–H groups in total. The molecular formula is C16H26O4. The van der Waals surface area contributed by atoms with Crippen LogP contribution >= 0.6 is 0 Å². The average Bonchev–Trinajstić information content (AvgIpc) is 2.42. The molecule has 0 spiro atoms. The quantitative estimate of drug-likeness (QED) is 0.702. The summed E-state index contributed by atoms with van der Waals surface area (Å²) >= 11 is 0. The van der Waals surface area contributed by atoms with Crippen molar-refractivity contribution in [2.45, 2.75) is 47.0 Å². The number of allylic oxidation sites excluding steroid dienone is 1. The van der Waals surface area contributed by atoms with E-state index >= 15 is 0 Å². The highest BCUT2D eigenvalue weighted by atomic mass is 16.5. The van der Waals surface area contributed by atoms with Crippen molar-refractivity contribution >= 4 is 11.9 Å². The lowest BCUT2D eigenvalue weighted by Crippen LogP contribution is -2.28. The van der Waals surface area contributed by atoms with Crippen molar-refractivity contribution in [2.75, 3.05) is 13.2 Å². The summed E-state index contributed by atoms with van der Waals surface area (Å²) in [6.07, 6.45) is 4.22. The molecule has 0 aromatic carbocycles. The lowest BCUT2D eigenvalue weighted by atomic mass is 9.87. The van der Waals surface area contributed by atoms with E-state index in [1.165, 1.54) is 0 Å². The van der Waals surface area contributed by atoms with E-state index in [1.54, 1.807) is 0 Å². The molecule has 0 heterocycles. The van der Waals surface area contributed by atoms with E-state index in [0.717, 1.165) is 12.8 Å². The van der Waals surface area contributed by atoms with E-state index in [4.69, 9.17) is 9.47 Å². The van der Waals surface area contributed by atoms with Gasteiger partial charge >= 0.3 is 11.9 Å². The Hall–Kier alpha value is -1.32. The number of esters is 2. The van der Waals surface area contributed by atoms with Gasteiger partial charge in [0.15, 0.2) is 0 Å². The summed E-state index contributed by atoms with van der Waals surface area (Å²) in [5.41, 5.74) is 0.477. The summed E-state index contributed by atoms with van der Waals surface area (Å²) in [5, 5.41) is 0. The van der Waals surface area contributed by atoms with Crippen LogP contribution in [0.5, 0.6) is 0 Å². The minimum atomic E-state index is -0.456. The summed E-state index contributed by atoms with van der Waals surface area (Å²) in [7, 11) is 0. The Morgan fingerprint density at radius 1 is 1.15 bits per heavy atom. The Bertz CT molecular complexity index is 369. The van der Waals surface area contributed by atoms with Crippen LogP contribution in [0.1, 0.15) is 47.0 Å². The maximum atomic E-state index is 12.1. The molecule has 0 saturated carbocycles. The van der Waals surface area contributed by atoms with Gasteiger partial charge < -0.3 is 9.47 Å². The molecule has 0 amide bonds. The smallest absolute Gasteiger partial charge is 0.334 e. The fourth-order valence-corrected chi connectivity index (χ4v) is 2.02. The standard InChI is InChI=1S/C16H26O4/c1-11(2)9-19-15(17)13-7-5-6-8-14(13)16(18)20-10-12(3)4/h7,11-12,14H,5-6,8-10H2,1-4H3. The summed E-state index contributed by atoms with van der Waals surface area (Å²) in [5.74, 6) is -0.546. The van der Waals surface area contributed by atoms with Crippen molar-refractivity contribution in [1.82, 2.24) is 0 Å². The van der Waals surface area contributed by atoms with Crippen LogP contribution in [0, 0.1) is 17.8 Å². The van der Waals surface area contributed by atoms with E-state index in [0.29, 0.717) is 31.1 Å². The van der Waals surface area contributed by atoms with Gasteiger partial charge in [-0.3, -0.25) is 4.79 Å². The second-order valence-electron chi connectivity index (χ2n) is 6.16. The molecule has 1 aliphatic carbocycles. The zero-order chi connectivity index (χ0) is 15.1. The van der Waals surface area contributed by atoms with Gasteiger partial charge in [0.1, 0.15) is 0 Å². The molecule has 1 aliphatic rings. The molecule has 0 fully saturated rings. The third-order valence-electron chi connectivity index (χ3n) is 3.06. The first-order valence-electron chi connectivity index (χ1n) is 7.45. The molecule has 0 saturated heterocycles. The van der Waals surface area contributed by atoms with E-state index < -0.39 is 5.92 Å². The predicted octanol–water partition coefficient (Wildman–Crippen LogP) is 3.11. The van der Waals surface area contributed by atoms with Gasteiger partial charge in [-0.15, -0.1) is 0 Å². The van der Waals surface area contributed by atoms with Crippen LogP contribution in [0.3, 0.4) is 0 Å². The summed E-state index contributed by atoms with van der Waals surface area (Å²) in [6, 6.07) is 0. The van der Waals surface area contributed by atoms with Gasteiger partial charge in [-0.05, 0) is 31.1 Å². The largest absolute Gasteiger partial charge is 0.465 e. The number of ether oxygens (including phenoxy) is 2. The van der Waals surface area contributed by atoms with E-state index in [9.17, 15) is 9.59 Å². The molecule has 4 heteroatoms. The SMILES string of the molecule is CC(C)COC(=O)C1=CCCCC1C(=O)OCC(C)C. The van der Waals surface area contributed by atoms with Crippen LogP contribution in [0.4, 0.5) is 0 Å². The normalized spacial score (nSPS) is 18.9. The average molecular weight is 282 g/mol. The van der Waals surface area contributed by atoms with Gasteiger partial charge in [-0.25, -0.2) is 4.79 Å². The van der Waals surface area contributed by atoms with E-state index in [1.807, 2.05) is 33.8 Å². The van der Waals surface area contributed by atoms with Crippen molar-refractivity contribution in [2.24, 2.45) is 17.8 Å². The molecule has 1 unspecified atom stereocenters. The van der Waals surface area contributed by atoms with Crippen LogP contribution in [0.15, 0.2) is 11.6 Å². The lowest BCUT2D eigenvalue weighted by molar-refractivity contribution is -0.152. The highest BCUT2D eigenvalue weighted by molar-refractivity contribution is 5.95. The lowest BCUT2D eigenvalue weighted by Gasteiger charge is -2.22. The maximum Gasteiger partial charge on any atom is 0.334 e. The van der Waals surface area contributed by atoms with Crippen molar-refractivity contribution in [3.8, 4) is 0 Å². The van der Waals surface area contributed by atoms with Crippen LogP contribution in [-0.2, 0) is 19.1 Å². The van der Waals surface area contributed by atoms with Crippen molar-refractivity contribution in [3.63, 3.8) is 0 Å². The van der Waals surface area contributed by atoms with Crippen molar-refractivity contribution in [1.29, 1.82) is 0 Å². The summed E-state index contributed by atoms with van der Waals surface area (Å²) < 4.78 is 10.5. The first kappa shape index (κ1) is 16.7. The second-order valence-corrected chi connectivity index (χ2v) is 6.16. The number of hydrogen-bond donors (Lipinski definition) is 0. The fourth-order valence-electron chi connectivity index (χ4n) is 2.02. The topological polar surface area (TPSA) is 52.6 Å². The van der Waals surface area contributed by atoms with Gasteiger partial charge in [0, 0.05) is 5.57 Å². The Labute approximate surface area is 121 Å². The number of hydrogen-bond acceptors (Lipinski definition) is 4. The maximum absolute atomic E-state index is 12.1. The number of carbonyl (C=O) groups excluding carboxylic acids is 2. The van der Waals surface area contributed by atoms with Crippen LogP contribution < -0.4 is 0 Å². The Morgan fingerprint density at radius 2 is 1.75 bits per heavy atom. The number of carbonyl (C=O) groups is 2. The third-order valence-corrected chi connectivity index (χ3v) is 3.06. The zero-order valence-corrected chi connectivity index (χ0v) is 13.0. The van der Waals surface area contributed by atoms with Gasteiger partial charge in [-0.1, -0.05) is 33.8 Å². The van der Waals surface area contributed by atoms with E-state index in [2.05, 4.69) is 0 Å². The minimum Gasteiger partial charge on any atom is -0.465 e. The first-order chi connectivity index (χ1) is 9.41. The van der Waals surface area contributed by atoms with Crippen molar-refractivity contribution in [3.05, 3.63) is 11.6 Å². The summed E-state index contributed by atoms with van der Waals surface area (Å²) in [4.78, 5) is 24.1. The van der Waals surface area contributed by atoms with E-state index in [-0.39, 0.29) is 17.9 Å². The molecule has 20 heavy (non-hydrogen) atoms. The molecule has 0 radical (unpaired) electrons. The Morgan fingerprint density at radius 3 is 2.35 bits per heavy atom. The highest BCUT2D eigenvalue weighted by Crippen LogP contribution is 2.27. The molecule has 0 aromatic heterocycles. The molecule has 1 atom stereocenters. The zero-order valence-electron chi connectivity index (χ0n) is 13.0. The van der Waals surface area contributed by atoms with Crippen LogP contribution in [0.2, 0.25) is 0 Å². The van der Waals surface area contributed by atoms with Crippen LogP contribution in [0.25, 0.3) is 0 Å². The minimum absolute atomic E-state index is 0.287. The molecule has 0 aromatic rings. The Kier molecular flexibility index (Phi) is 6.76. The molecule has 4 nitrogen and oxygen atoms in total. The molecule has 114 valence electrons. The monoisotopic (exact) mass is 282 g/mol. The molecule has 1 rings (SSSR count). The highest BCUT2D eigenvalue weighted by Gasteiger charge is 2.31. The Balaban J connectivity index is 2.64. The second kappa shape index (κ2) is 8.08. The summed E-state index contributed by atoms with van der Waals surface area (Å²) in [6.45, 7) is 8.71. The molecular weight excluding hydrogens is 256 g/mol. The fraction of sp³-hybridized carbons (Fsp3) is 0.750. The van der Waals surface area contributed by atoms with Gasteiger partial charge in [0.05, 0.1) is 19.1 Å². The number of rotatable bonds is 6. The third kappa shape index (κ3) is 5.35. The molecule has 0 bridgehead atoms. The van der Waals surface area contributed by atoms with Gasteiger partial charge in [0.25, 0.3) is 0 Å².